The molecule has 0 radical (unpaired) electrons. The summed E-state index contributed by atoms with van der Waals surface area (Å²) in [6.45, 7) is 3.37. The molecule has 5 nitrogen and oxygen atoms in total. The number of carbonyl (C=O) groups excluding carboxylic acids is 1. The van der Waals surface area contributed by atoms with Crippen molar-refractivity contribution in [1.82, 2.24) is 10.6 Å². The number of rotatable bonds is 5. The molecule has 33 heavy (non-hydrogen) atoms. The maximum Gasteiger partial charge on any atom is 0.252 e. The molecule has 0 spiro atoms. The molecular weight excluding hydrogens is 419 g/mol. The quantitative estimate of drug-likeness (QED) is 0.580. The van der Waals surface area contributed by atoms with Crippen LogP contribution >= 0.6 is 0 Å². The molecule has 174 valence electrons. The number of carbonyl (C=O) groups is 1. The lowest BCUT2D eigenvalue weighted by molar-refractivity contribution is 0.0930. The fourth-order valence-electron chi connectivity index (χ4n) is 4.26. The molecule has 0 aromatic heterocycles. The van der Waals surface area contributed by atoms with Gasteiger partial charge in [0.1, 0.15) is 17.7 Å². The highest BCUT2D eigenvalue weighted by atomic mass is 19.1. The lowest BCUT2D eigenvalue weighted by atomic mass is 9.95. The fourth-order valence-corrected chi connectivity index (χ4v) is 4.26. The minimum absolute atomic E-state index is 0.0733. The SMILES string of the molecule is COc1ccc(C)c(C(=O)NC2(c3cc(OC)cc4ccccc34)CC2)c1.FC1CCNC1. The molecule has 3 aromatic rings. The maximum atomic E-state index is 13.1. The second kappa shape index (κ2) is 9.79. The summed E-state index contributed by atoms with van der Waals surface area (Å²) >= 11 is 0. The normalized spacial score (nSPS) is 18.2. The number of fused-ring (bicyclic) bond motifs is 1. The van der Waals surface area contributed by atoms with Crippen LogP contribution in [0.4, 0.5) is 4.39 Å². The Kier molecular flexibility index (Phi) is 6.84. The fraction of sp³-hybridized carbons (Fsp3) is 0.370. The summed E-state index contributed by atoms with van der Waals surface area (Å²) in [6.07, 6.45) is 1.97. The van der Waals surface area contributed by atoms with Gasteiger partial charge >= 0.3 is 0 Å². The number of halogens is 1. The van der Waals surface area contributed by atoms with E-state index in [-0.39, 0.29) is 11.4 Å². The molecule has 1 saturated heterocycles. The largest absolute Gasteiger partial charge is 0.497 e. The van der Waals surface area contributed by atoms with Crippen molar-refractivity contribution in [3.63, 3.8) is 0 Å². The predicted octanol–water partition coefficient (Wildman–Crippen LogP) is 4.90. The van der Waals surface area contributed by atoms with E-state index in [1.165, 1.54) is 0 Å². The molecule has 1 unspecified atom stereocenters. The van der Waals surface area contributed by atoms with E-state index in [0.717, 1.165) is 47.0 Å². The van der Waals surface area contributed by atoms with Gasteiger partial charge in [-0.3, -0.25) is 4.79 Å². The average molecular weight is 451 g/mol. The zero-order valence-corrected chi connectivity index (χ0v) is 19.4. The van der Waals surface area contributed by atoms with E-state index < -0.39 is 6.17 Å². The number of alkyl halides is 1. The van der Waals surface area contributed by atoms with Gasteiger partial charge in [0.25, 0.3) is 5.91 Å². The van der Waals surface area contributed by atoms with Crippen molar-refractivity contribution >= 4 is 16.7 Å². The zero-order chi connectivity index (χ0) is 23.4. The van der Waals surface area contributed by atoms with Crippen LogP contribution in [0.5, 0.6) is 11.5 Å². The van der Waals surface area contributed by atoms with E-state index >= 15 is 0 Å². The first-order valence-electron chi connectivity index (χ1n) is 11.3. The van der Waals surface area contributed by atoms with Gasteiger partial charge in [-0.1, -0.05) is 30.3 Å². The number of amides is 1. The number of methoxy groups -OCH3 is 2. The highest BCUT2D eigenvalue weighted by molar-refractivity contribution is 5.98. The Balaban J connectivity index is 0.000000376. The smallest absolute Gasteiger partial charge is 0.252 e. The summed E-state index contributed by atoms with van der Waals surface area (Å²) in [7, 11) is 3.28. The van der Waals surface area contributed by atoms with E-state index in [4.69, 9.17) is 9.47 Å². The number of nitrogens with one attached hydrogen (secondary N) is 2. The molecule has 2 fully saturated rings. The molecule has 1 aliphatic heterocycles. The van der Waals surface area contributed by atoms with E-state index in [1.54, 1.807) is 20.3 Å². The Labute approximate surface area is 194 Å². The zero-order valence-electron chi connectivity index (χ0n) is 19.4. The van der Waals surface area contributed by atoms with Crippen LogP contribution in [0, 0.1) is 6.92 Å². The second-order valence-corrected chi connectivity index (χ2v) is 8.70. The van der Waals surface area contributed by atoms with Gasteiger partial charge in [0.05, 0.1) is 19.8 Å². The van der Waals surface area contributed by atoms with Crippen LogP contribution in [0.25, 0.3) is 10.8 Å². The molecule has 3 aromatic carbocycles. The molecule has 1 amide bonds. The van der Waals surface area contributed by atoms with Gasteiger partial charge < -0.3 is 20.1 Å². The first-order chi connectivity index (χ1) is 16.0. The Morgan fingerprint density at radius 3 is 2.42 bits per heavy atom. The van der Waals surface area contributed by atoms with Crippen molar-refractivity contribution < 1.29 is 18.7 Å². The van der Waals surface area contributed by atoms with Crippen LogP contribution in [0.1, 0.15) is 40.7 Å². The first-order valence-corrected chi connectivity index (χ1v) is 11.3. The average Bonchev–Trinajstić information content (AvgIpc) is 3.46. The monoisotopic (exact) mass is 450 g/mol. The Bertz CT molecular complexity index is 1140. The summed E-state index contributed by atoms with van der Waals surface area (Å²) in [5, 5.41) is 8.45. The highest BCUT2D eigenvalue weighted by Crippen LogP contribution is 2.49. The molecule has 2 aliphatic rings. The third kappa shape index (κ3) is 5.11. The van der Waals surface area contributed by atoms with E-state index in [2.05, 4.69) is 22.8 Å². The molecule has 0 bridgehead atoms. The molecular formula is C27H31FN2O3. The van der Waals surface area contributed by atoms with Crippen molar-refractivity contribution in [2.24, 2.45) is 0 Å². The molecule has 1 heterocycles. The summed E-state index contributed by atoms with van der Waals surface area (Å²) in [5.74, 6) is 1.42. The van der Waals surface area contributed by atoms with Crippen LogP contribution in [-0.2, 0) is 5.54 Å². The van der Waals surface area contributed by atoms with Gasteiger partial charge in [0.15, 0.2) is 0 Å². The standard InChI is InChI=1S/C23H23NO3.C4H8FN/c1-15-8-9-17(26-2)13-20(15)22(25)24-23(10-11-23)21-14-18(27-3)12-16-6-4-5-7-19(16)21;5-4-1-2-6-3-4/h4-9,12-14H,10-11H2,1-3H3,(H,24,25);4,6H,1-3H2. The number of hydrogen-bond acceptors (Lipinski definition) is 4. The molecule has 6 heteroatoms. The van der Waals surface area contributed by atoms with Gasteiger partial charge in [-0.25, -0.2) is 4.39 Å². The summed E-state index contributed by atoms with van der Waals surface area (Å²) in [6, 6.07) is 17.9. The number of benzene rings is 3. The van der Waals surface area contributed by atoms with Crippen molar-refractivity contribution in [3.05, 3.63) is 71.3 Å². The summed E-state index contributed by atoms with van der Waals surface area (Å²) < 4.78 is 22.6. The van der Waals surface area contributed by atoms with Crippen LogP contribution in [0.3, 0.4) is 0 Å². The van der Waals surface area contributed by atoms with Crippen molar-refractivity contribution in [3.8, 4) is 11.5 Å². The van der Waals surface area contributed by atoms with Crippen molar-refractivity contribution in [2.75, 3.05) is 27.3 Å². The molecule has 1 saturated carbocycles. The van der Waals surface area contributed by atoms with Crippen LogP contribution in [0.15, 0.2) is 54.6 Å². The third-order valence-corrected chi connectivity index (χ3v) is 6.38. The Morgan fingerprint density at radius 2 is 1.82 bits per heavy atom. The number of aryl methyl sites for hydroxylation is 1. The minimum Gasteiger partial charge on any atom is -0.497 e. The van der Waals surface area contributed by atoms with Crippen LogP contribution in [0.2, 0.25) is 0 Å². The predicted molar refractivity (Wildman–Crippen MR) is 129 cm³/mol. The number of hydrogen-bond donors (Lipinski definition) is 2. The summed E-state index contributed by atoms with van der Waals surface area (Å²) in [5.41, 5.74) is 2.35. The first kappa shape index (κ1) is 23.1. The van der Waals surface area contributed by atoms with Crippen LogP contribution in [-0.4, -0.2) is 39.4 Å². The summed E-state index contributed by atoms with van der Waals surface area (Å²) in [4.78, 5) is 13.1. The van der Waals surface area contributed by atoms with Gasteiger partial charge in [-0.15, -0.1) is 0 Å². The lowest BCUT2D eigenvalue weighted by Crippen LogP contribution is -2.35. The van der Waals surface area contributed by atoms with Crippen molar-refractivity contribution in [2.45, 2.75) is 37.9 Å². The van der Waals surface area contributed by atoms with Crippen LogP contribution < -0.4 is 20.1 Å². The third-order valence-electron chi connectivity index (χ3n) is 6.38. The van der Waals surface area contributed by atoms with Gasteiger partial charge in [0, 0.05) is 12.1 Å². The topological polar surface area (TPSA) is 59.6 Å². The van der Waals surface area contributed by atoms with E-state index in [1.807, 2.05) is 43.3 Å². The highest BCUT2D eigenvalue weighted by Gasteiger charge is 2.47. The lowest BCUT2D eigenvalue weighted by Gasteiger charge is -2.22. The molecule has 5 rings (SSSR count). The van der Waals surface area contributed by atoms with Crippen molar-refractivity contribution in [1.29, 1.82) is 0 Å². The maximum absolute atomic E-state index is 13.1. The molecule has 1 aliphatic carbocycles. The molecule has 2 N–H and O–H groups in total. The second-order valence-electron chi connectivity index (χ2n) is 8.70. The Morgan fingerprint density at radius 1 is 1.06 bits per heavy atom. The van der Waals surface area contributed by atoms with E-state index in [9.17, 15) is 9.18 Å². The molecule has 1 atom stereocenters. The minimum atomic E-state index is -0.565. The van der Waals surface area contributed by atoms with Gasteiger partial charge in [0.2, 0.25) is 0 Å². The van der Waals surface area contributed by atoms with Gasteiger partial charge in [-0.05, 0) is 78.9 Å². The number of ether oxygens (including phenoxy) is 2. The Hall–Kier alpha value is -3.12. The van der Waals surface area contributed by atoms with E-state index in [0.29, 0.717) is 24.3 Å². The van der Waals surface area contributed by atoms with Gasteiger partial charge in [-0.2, -0.15) is 0 Å².